The minimum Gasteiger partial charge on any atom is -0.351 e. The summed E-state index contributed by atoms with van der Waals surface area (Å²) < 4.78 is 1.62. The van der Waals surface area contributed by atoms with Crippen molar-refractivity contribution in [1.29, 1.82) is 5.26 Å². The van der Waals surface area contributed by atoms with Crippen LogP contribution in [0.3, 0.4) is 0 Å². The molecular weight excluding hydrogens is 218 g/mol. The molecule has 0 aromatic carbocycles. The van der Waals surface area contributed by atoms with Crippen LogP contribution in [0.2, 0.25) is 0 Å². The lowest BCUT2D eigenvalue weighted by molar-refractivity contribution is -0.117. The van der Waals surface area contributed by atoms with Crippen LogP contribution in [0.4, 0.5) is 0 Å². The molecule has 0 radical (unpaired) electrons. The zero-order valence-corrected chi connectivity index (χ0v) is 9.97. The van der Waals surface area contributed by atoms with Gasteiger partial charge in [-0.25, -0.2) is 4.68 Å². The molecule has 17 heavy (non-hydrogen) atoms. The van der Waals surface area contributed by atoms with Gasteiger partial charge >= 0.3 is 0 Å². The van der Waals surface area contributed by atoms with Crippen molar-refractivity contribution in [2.75, 3.05) is 6.54 Å². The number of carbonyl (C=O) groups excluding carboxylic acids is 1. The lowest BCUT2D eigenvalue weighted by Crippen LogP contribution is -2.25. The number of nitrogens with zero attached hydrogens (tertiary/aromatic N) is 4. The first kappa shape index (κ1) is 12.9. The molecule has 6 nitrogen and oxygen atoms in total. The number of rotatable bonds is 5. The number of hydrogen-bond donors (Lipinski definition) is 1. The van der Waals surface area contributed by atoms with Gasteiger partial charge in [0, 0.05) is 13.1 Å². The summed E-state index contributed by atoms with van der Waals surface area (Å²) in [5, 5.41) is 19.1. The van der Waals surface area contributed by atoms with Crippen molar-refractivity contribution in [3.05, 3.63) is 17.5 Å². The van der Waals surface area contributed by atoms with E-state index in [1.54, 1.807) is 4.68 Å². The molecule has 0 aliphatic heterocycles. The fourth-order valence-electron chi connectivity index (χ4n) is 1.25. The highest BCUT2D eigenvalue weighted by molar-refractivity contribution is 6.01. The van der Waals surface area contributed by atoms with Crippen molar-refractivity contribution >= 4 is 12.0 Å². The van der Waals surface area contributed by atoms with Crippen LogP contribution in [0.25, 0.3) is 6.08 Å². The smallest absolute Gasteiger partial charge is 0.262 e. The minimum absolute atomic E-state index is 0.0652. The van der Waals surface area contributed by atoms with Gasteiger partial charge in [0.25, 0.3) is 5.91 Å². The van der Waals surface area contributed by atoms with Crippen molar-refractivity contribution in [3.63, 3.8) is 0 Å². The Hall–Kier alpha value is -2.16. The zero-order valence-electron chi connectivity index (χ0n) is 9.97. The number of nitriles is 1. The normalized spacial score (nSPS) is 11.0. The van der Waals surface area contributed by atoms with Gasteiger partial charge < -0.3 is 5.32 Å². The number of aromatic nitrogens is 3. The number of hydrogen-bond acceptors (Lipinski definition) is 4. The zero-order chi connectivity index (χ0) is 12.7. The summed E-state index contributed by atoms with van der Waals surface area (Å²) in [4.78, 5) is 11.6. The third-order valence-electron chi connectivity index (χ3n) is 2.14. The number of aryl methyl sites for hydroxylation is 1. The van der Waals surface area contributed by atoms with Crippen molar-refractivity contribution in [2.45, 2.75) is 26.8 Å². The second-order valence-electron chi connectivity index (χ2n) is 3.40. The molecule has 0 aliphatic rings. The van der Waals surface area contributed by atoms with Crippen LogP contribution in [0.5, 0.6) is 0 Å². The molecule has 90 valence electrons. The van der Waals surface area contributed by atoms with Gasteiger partial charge in [-0.2, -0.15) is 5.26 Å². The van der Waals surface area contributed by atoms with E-state index in [-0.39, 0.29) is 11.5 Å². The minimum atomic E-state index is -0.363. The van der Waals surface area contributed by atoms with Crippen LogP contribution < -0.4 is 5.32 Å². The second-order valence-corrected chi connectivity index (χ2v) is 3.40. The van der Waals surface area contributed by atoms with E-state index in [2.05, 4.69) is 15.6 Å². The number of amides is 1. The highest BCUT2D eigenvalue weighted by atomic mass is 16.1. The van der Waals surface area contributed by atoms with E-state index in [9.17, 15) is 4.79 Å². The molecule has 1 amide bonds. The van der Waals surface area contributed by atoms with Gasteiger partial charge in [0.1, 0.15) is 11.6 Å². The van der Waals surface area contributed by atoms with Gasteiger partial charge in [0.05, 0.1) is 11.9 Å². The highest BCUT2D eigenvalue weighted by Crippen LogP contribution is 2.05. The molecule has 6 heteroatoms. The molecule has 1 aromatic heterocycles. The molecule has 1 N–H and O–H groups in total. The standard InChI is InChI=1S/C11H15N5O/c1-3-5-13-11(17)9(7-12)6-10-8-14-15-16(10)4-2/h6,8H,3-5H2,1-2H3,(H,13,17)/b9-6+. The maximum atomic E-state index is 11.6. The van der Waals surface area contributed by atoms with E-state index < -0.39 is 0 Å². The molecule has 1 aromatic rings. The van der Waals surface area contributed by atoms with E-state index in [0.29, 0.717) is 18.8 Å². The Morgan fingerprint density at radius 2 is 2.41 bits per heavy atom. The molecule has 1 rings (SSSR count). The first-order chi connectivity index (χ1) is 8.22. The van der Waals surface area contributed by atoms with E-state index >= 15 is 0 Å². The topological polar surface area (TPSA) is 83.6 Å². The summed E-state index contributed by atoms with van der Waals surface area (Å²) in [6.45, 7) is 5.06. The van der Waals surface area contributed by atoms with Crippen molar-refractivity contribution in [2.24, 2.45) is 0 Å². The van der Waals surface area contributed by atoms with Crippen LogP contribution in [-0.2, 0) is 11.3 Å². The molecule has 0 unspecified atom stereocenters. The monoisotopic (exact) mass is 233 g/mol. The number of nitrogens with one attached hydrogen (secondary N) is 1. The summed E-state index contributed by atoms with van der Waals surface area (Å²) in [6, 6.07) is 1.88. The summed E-state index contributed by atoms with van der Waals surface area (Å²) in [5.74, 6) is -0.363. The van der Waals surface area contributed by atoms with Crippen molar-refractivity contribution in [1.82, 2.24) is 20.3 Å². The summed E-state index contributed by atoms with van der Waals surface area (Å²) in [6.07, 6.45) is 3.85. The van der Waals surface area contributed by atoms with Gasteiger partial charge in [-0.15, -0.1) is 5.10 Å². The molecule has 0 spiro atoms. The fraction of sp³-hybridized carbons (Fsp3) is 0.455. The van der Waals surface area contributed by atoms with Crippen LogP contribution in [0, 0.1) is 11.3 Å². The Balaban J connectivity index is 2.87. The first-order valence-electron chi connectivity index (χ1n) is 5.51. The Kier molecular flexibility index (Phi) is 4.88. The molecule has 0 saturated heterocycles. The third-order valence-corrected chi connectivity index (χ3v) is 2.14. The third kappa shape index (κ3) is 3.41. The quantitative estimate of drug-likeness (QED) is 0.600. The van der Waals surface area contributed by atoms with Crippen molar-refractivity contribution in [3.8, 4) is 6.07 Å². The largest absolute Gasteiger partial charge is 0.351 e. The lowest BCUT2D eigenvalue weighted by atomic mass is 10.2. The first-order valence-corrected chi connectivity index (χ1v) is 5.51. The molecule has 0 aliphatic carbocycles. The maximum absolute atomic E-state index is 11.6. The average molecular weight is 233 g/mol. The Morgan fingerprint density at radius 3 is 3.00 bits per heavy atom. The summed E-state index contributed by atoms with van der Waals surface area (Å²) >= 11 is 0. The van der Waals surface area contributed by atoms with Crippen LogP contribution in [0.15, 0.2) is 11.8 Å². The van der Waals surface area contributed by atoms with E-state index in [1.807, 2.05) is 19.9 Å². The van der Waals surface area contributed by atoms with Gasteiger partial charge in [-0.3, -0.25) is 4.79 Å². The van der Waals surface area contributed by atoms with E-state index in [1.165, 1.54) is 12.3 Å². The predicted molar refractivity (Wildman–Crippen MR) is 62.6 cm³/mol. The van der Waals surface area contributed by atoms with E-state index in [0.717, 1.165) is 6.42 Å². The van der Waals surface area contributed by atoms with E-state index in [4.69, 9.17) is 5.26 Å². The van der Waals surface area contributed by atoms with Gasteiger partial charge in [-0.05, 0) is 19.4 Å². The Morgan fingerprint density at radius 1 is 1.65 bits per heavy atom. The van der Waals surface area contributed by atoms with Crippen LogP contribution >= 0.6 is 0 Å². The van der Waals surface area contributed by atoms with Crippen LogP contribution in [0.1, 0.15) is 26.0 Å². The molecule has 1 heterocycles. The number of carbonyl (C=O) groups is 1. The fourth-order valence-corrected chi connectivity index (χ4v) is 1.25. The van der Waals surface area contributed by atoms with Gasteiger partial charge in [-0.1, -0.05) is 12.1 Å². The van der Waals surface area contributed by atoms with Crippen LogP contribution in [-0.4, -0.2) is 27.4 Å². The predicted octanol–water partition coefficient (Wildman–Crippen LogP) is 0.731. The Bertz CT molecular complexity index is 455. The molecule has 0 saturated carbocycles. The maximum Gasteiger partial charge on any atom is 0.262 e. The van der Waals surface area contributed by atoms with Crippen molar-refractivity contribution < 1.29 is 4.79 Å². The lowest BCUT2D eigenvalue weighted by Gasteiger charge is -2.02. The second kappa shape index (κ2) is 6.43. The Labute approximate surface area is 99.9 Å². The summed E-state index contributed by atoms with van der Waals surface area (Å²) in [5.41, 5.74) is 0.714. The molecular formula is C11H15N5O. The SMILES string of the molecule is CCCNC(=O)/C(C#N)=C/c1cnnn1CC. The average Bonchev–Trinajstić information content (AvgIpc) is 2.80. The van der Waals surface area contributed by atoms with Gasteiger partial charge in [0.2, 0.25) is 0 Å². The molecule has 0 fully saturated rings. The highest BCUT2D eigenvalue weighted by Gasteiger charge is 2.09. The summed E-state index contributed by atoms with van der Waals surface area (Å²) in [7, 11) is 0. The van der Waals surface area contributed by atoms with Gasteiger partial charge in [0.15, 0.2) is 0 Å². The molecule has 0 atom stereocenters. The molecule has 0 bridgehead atoms.